The van der Waals surface area contributed by atoms with Crippen LogP contribution >= 0.6 is 0 Å². The average Bonchev–Trinajstić information content (AvgIpc) is 4.01. The van der Waals surface area contributed by atoms with Crippen molar-refractivity contribution in [3.63, 3.8) is 0 Å². The molecule has 0 unspecified atom stereocenters. The van der Waals surface area contributed by atoms with Crippen molar-refractivity contribution in [2.75, 3.05) is 0 Å². The first-order valence-electron chi connectivity index (χ1n) is 26.7. The van der Waals surface area contributed by atoms with Crippen molar-refractivity contribution in [3.8, 4) is 123 Å². The smallest absolute Gasteiger partial charge is 0.227 e. The summed E-state index contributed by atoms with van der Waals surface area (Å²) in [5.74, 6) is 0. The molecule has 10 aromatic carbocycles. The third-order valence-electron chi connectivity index (χ3n) is 15.1. The number of rotatable bonds is 11. The molecular weight excluding hydrogens is 959 g/mol. The maximum Gasteiger partial charge on any atom is 0.227 e. The Bertz CT molecular complexity index is 4350. The molecule has 0 amide bonds. The largest absolute Gasteiger partial charge is 0.438 e. The first kappa shape index (κ1) is 46.9. The van der Waals surface area contributed by atoms with Crippen molar-refractivity contribution >= 4 is 22.1 Å². The lowest BCUT2D eigenvalue weighted by Crippen LogP contribution is -1.94. The summed E-state index contributed by atoms with van der Waals surface area (Å²) in [6, 6.07) is 102. The maximum absolute atomic E-state index is 6.32. The van der Waals surface area contributed by atoms with Gasteiger partial charge in [-0.25, -0.2) is 4.98 Å². The zero-order chi connectivity index (χ0) is 52.5. The van der Waals surface area contributed by atoms with E-state index in [-0.39, 0.29) is 0 Å². The van der Waals surface area contributed by atoms with E-state index >= 15 is 0 Å². The Morgan fingerprint density at radius 2 is 0.620 bits per heavy atom. The van der Waals surface area contributed by atoms with Crippen LogP contribution in [0.3, 0.4) is 0 Å². The van der Waals surface area contributed by atoms with E-state index in [0.29, 0.717) is 5.71 Å². The summed E-state index contributed by atoms with van der Waals surface area (Å²) in [5.41, 5.74) is 25.5. The number of nitrogens with zero attached hydrogens (tertiary/aromatic N) is 3. The summed E-state index contributed by atoms with van der Waals surface area (Å²) >= 11 is 0. The van der Waals surface area contributed by atoms with Gasteiger partial charge >= 0.3 is 0 Å². The highest BCUT2D eigenvalue weighted by atomic mass is 16.3. The minimum atomic E-state index is 0.628. The van der Waals surface area contributed by atoms with Crippen LogP contribution in [0.1, 0.15) is 0 Å². The molecule has 0 saturated carbocycles. The third-order valence-corrected chi connectivity index (χ3v) is 15.1. The summed E-state index contributed by atoms with van der Waals surface area (Å²) in [6.07, 6.45) is 3.69. The fourth-order valence-electron chi connectivity index (χ4n) is 11.2. The van der Waals surface area contributed by atoms with Crippen LogP contribution in [0.15, 0.2) is 302 Å². The van der Waals surface area contributed by atoms with Crippen molar-refractivity contribution in [3.05, 3.63) is 298 Å². The van der Waals surface area contributed by atoms with Gasteiger partial charge in [0.1, 0.15) is 5.58 Å². The zero-order valence-corrected chi connectivity index (χ0v) is 43.0. The number of hydrogen-bond acceptors (Lipinski definition) is 4. The van der Waals surface area contributed by atoms with Gasteiger partial charge in [0.05, 0.1) is 17.1 Å². The highest BCUT2D eigenvalue weighted by molar-refractivity contribution is 6.04. The van der Waals surface area contributed by atoms with Crippen molar-refractivity contribution in [1.82, 2.24) is 15.0 Å². The molecule has 4 heteroatoms. The summed E-state index contributed by atoms with van der Waals surface area (Å²) < 4.78 is 6.32. The normalized spacial score (nSPS) is 11.3. The molecule has 0 spiro atoms. The van der Waals surface area contributed by atoms with Crippen LogP contribution in [0, 0.1) is 0 Å². The van der Waals surface area contributed by atoms with Crippen LogP contribution in [0.5, 0.6) is 0 Å². The Morgan fingerprint density at radius 3 is 1.16 bits per heavy atom. The van der Waals surface area contributed by atoms with Gasteiger partial charge in [0.25, 0.3) is 0 Å². The minimum absolute atomic E-state index is 0.628. The van der Waals surface area contributed by atoms with E-state index in [9.17, 15) is 0 Å². The summed E-state index contributed by atoms with van der Waals surface area (Å²) in [4.78, 5) is 14.4. The van der Waals surface area contributed by atoms with Gasteiger partial charge in [-0.15, -0.1) is 0 Å². The quantitative estimate of drug-likeness (QED) is 0.130. The molecule has 4 aromatic heterocycles. The first-order chi connectivity index (χ1) is 39.1. The Kier molecular flexibility index (Phi) is 12.2. The van der Waals surface area contributed by atoms with Crippen molar-refractivity contribution in [2.45, 2.75) is 0 Å². The van der Waals surface area contributed by atoms with Crippen molar-refractivity contribution < 1.29 is 4.42 Å². The standard InChI is InChI=1S/C75H49N3O/c1-2-16-50(17-3-1)51-28-30-54(31-29-51)70-49-57(73-43-42-69-68-24-10-11-27-74(68)79-75(69)78-73)40-41-67(70)66-23-9-8-22-65(66)60-47-58(63-20-6-4-18-61(63)52-32-36-55(37-33-52)71-25-12-14-44-76-71)46-59(48-60)64-21-7-5-19-62(64)53-34-38-56(39-35-53)72-26-13-15-45-77-72/h1-49H. The molecular formula is C75H49N3O. The zero-order valence-electron chi connectivity index (χ0n) is 43.0. The predicted molar refractivity (Wildman–Crippen MR) is 327 cm³/mol. The lowest BCUT2D eigenvalue weighted by Gasteiger charge is -2.19. The second-order valence-corrected chi connectivity index (χ2v) is 19.9. The van der Waals surface area contributed by atoms with E-state index in [1.807, 2.05) is 54.9 Å². The number of para-hydroxylation sites is 1. The second-order valence-electron chi connectivity index (χ2n) is 19.9. The highest BCUT2D eigenvalue weighted by Crippen LogP contribution is 2.45. The molecule has 0 radical (unpaired) electrons. The van der Waals surface area contributed by atoms with Gasteiger partial charge in [-0.3, -0.25) is 9.97 Å². The molecule has 0 aliphatic carbocycles. The predicted octanol–water partition coefficient (Wildman–Crippen LogP) is 20.1. The highest BCUT2D eigenvalue weighted by Gasteiger charge is 2.20. The Hall–Kier alpha value is -10.6. The van der Waals surface area contributed by atoms with Gasteiger partial charge in [-0.2, -0.15) is 0 Å². The van der Waals surface area contributed by atoms with Crippen LogP contribution in [0.2, 0.25) is 0 Å². The number of fused-ring (bicyclic) bond motifs is 3. The molecule has 14 rings (SSSR count). The number of hydrogen-bond donors (Lipinski definition) is 0. The topological polar surface area (TPSA) is 51.8 Å². The minimum Gasteiger partial charge on any atom is -0.438 e. The Morgan fingerprint density at radius 1 is 0.215 bits per heavy atom. The summed E-state index contributed by atoms with van der Waals surface area (Å²) in [5, 5.41) is 2.07. The van der Waals surface area contributed by atoms with Gasteiger partial charge in [-0.1, -0.05) is 218 Å². The van der Waals surface area contributed by atoms with E-state index in [1.165, 1.54) is 5.56 Å². The molecule has 0 fully saturated rings. The van der Waals surface area contributed by atoms with Gasteiger partial charge in [0.15, 0.2) is 0 Å². The summed E-state index contributed by atoms with van der Waals surface area (Å²) in [6.45, 7) is 0. The average molecular weight is 1010 g/mol. The number of benzene rings is 10. The van der Waals surface area contributed by atoms with Gasteiger partial charge in [0, 0.05) is 39.9 Å². The fraction of sp³-hybridized carbons (Fsp3) is 0. The van der Waals surface area contributed by atoms with E-state index in [4.69, 9.17) is 9.40 Å². The third kappa shape index (κ3) is 9.18. The van der Waals surface area contributed by atoms with Crippen LogP contribution < -0.4 is 0 Å². The molecule has 14 aromatic rings. The lowest BCUT2D eigenvalue weighted by molar-refractivity contribution is 0.654. The van der Waals surface area contributed by atoms with Crippen LogP contribution in [-0.4, -0.2) is 15.0 Å². The molecule has 370 valence electrons. The molecule has 4 nitrogen and oxygen atoms in total. The van der Waals surface area contributed by atoms with Gasteiger partial charge < -0.3 is 4.42 Å². The van der Waals surface area contributed by atoms with Crippen LogP contribution in [0.4, 0.5) is 0 Å². The monoisotopic (exact) mass is 1010 g/mol. The number of aromatic nitrogens is 3. The summed E-state index contributed by atoms with van der Waals surface area (Å²) in [7, 11) is 0. The SMILES string of the molecule is c1ccc(-c2ccc(-c3cc(-c4ccc5c(n4)oc4ccccc45)ccc3-c3ccccc3-c3cc(-c4ccccc4-c4ccc(-c5ccccn5)cc4)cc(-c4ccccc4-c4ccc(-c5ccccn5)cc4)c3)cc2)cc1. The second kappa shape index (κ2) is 20.5. The van der Waals surface area contributed by atoms with E-state index in [2.05, 4.69) is 253 Å². The molecule has 0 aliphatic rings. The van der Waals surface area contributed by atoms with Crippen LogP contribution in [-0.2, 0) is 0 Å². The van der Waals surface area contributed by atoms with E-state index in [1.54, 1.807) is 0 Å². The van der Waals surface area contributed by atoms with Gasteiger partial charge in [-0.05, 0) is 156 Å². The van der Waals surface area contributed by atoms with Gasteiger partial charge in [0.2, 0.25) is 5.71 Å². The van der Waals surface area contributed by atoms with E-state index in [0.717, 1.165) is 134 Å². The number of pyridine rings is 3. The fourth-order valence-corrected chi connectivity index (χ4v) is 11.2. The molecule has 0 aliphatic heterocycles. The molecule has 0 bridgehead atoms. The van der Waals surface area contributed by atoms with Crippen molar-refractivity contribution in [2.24, 2.45) is 0 Å². The molecule has 0 saturated heterocycles. The van der Waals surface area contributed by atoms with Crippen molar-refractivity contribution in [1.29, 1.82) is 0 Å². The molecule has 4 heterocycles. The number of furan rings is 1. The lowest BCUT2D eigenvalue weighted by atomic mass is 9.84. The first-order valence-corrected chi connectivity index (χ1v) is 26.7. The maximum atomic E-state index is 6.32. The Balaban J connectivity index is 0.941. The molecule has 0 N–H and O–H groups in total. The van der Waals surface area contributed by atoms with Crippen LogP contribution in [0.25, 0.3) is 145 Å². The Labute approximate surface area is 459 Å². The molecule has 0 atom stereocenters. The molecule has 79 heavy (non-hydrogen) atoms. The van der Waals surface area contributed by atoms with E-state index < -0.39 is 0 Å².